The number of aromatic nitrogens is 2. The summed E-state index contributed by atoms with van der Waals surface area (Å²) in [5.41, 5.74) is 7.55. The molecular formula is C21H15F2N3O2. The SMILES string of the molecule is Cc1ccc2nc(-c3ccc(-c4c(O)cc(F)c(C(N)=O)c4F)cc3)cn2c1. The van der Waals surface area contributed by atoms with E-state index in [-0.39, 0.29) is 11.1 Å². The van der Waals surface area contributed by atoms with Gasteiger partial charge in [-0.05, 0) is 24.1 Å². The molecule has 0 unspecified atom stereocenters. The number of phenols is 1. The van der Waals surface area contributed by atoms with Gasteiger partial charge in [-0.15, -0.1) is 0 Å². The molecule has 3 N–H and O–H groups in total. The van der Waals surface area contributed by atoms with Crippen LogP contribution in [0.5, 0.6) is 5.75 Å². The number of imidazole rings is 1. The predicted octanol–water partition coefficient (Wildman–Crippen LogP) is 4.06. The van der Waals surface area contributed by atoms with Crippen LogP contribution in [0.3, 0.4) is 0 Å². The Balaban J connectivity index is 1.78. The van der Waals surface area contributed by atoms with Gasteiger partial charge < -0.3 is 15.2 Å². The Morgan fingerprint density at radius 1 is 1.07 bits per heavy atom. The second kappa shape index (κ2) is 6.45. The number of fused-ring (bicyclic) bond motifs is 1. The maximum absolute atomic E-state index is 14.6. The molecule has 2 aromatic heterocycles. The zero-order valence-electron chi connectivity index (χ0n) is 14.8. The summed E-state index contributed by atoms with van der Waals surface area (Å²) in [6.45, 7) is 1.98. The normalized spacial score (nSPS) is 11.1. The summed E-state index contributed by atoms with van der Waals surface area (Å²) in [6.07, 6.45) is 3.83. The second-order valence-corrected chi connectivity index (χ2v) is 6.48. The highest BCUT2D eigenvalue weighted by Crippen LogP contribution is 2.36. The number of nitrogens with two attached hydrogens (primary N) is 1. The van der Waals surface area contributed by atoms with Gasteiger partial charge in [-0.3, -0.25) is 4.79 Å². The van der Waals surface area contributed by atoms with Crippen molar-refractivity contribution in [1.29, 1.82) is 0 Å². The van der Waals surface area contributed by atoms with E-state index in [0.717, 1.165) is 22.5 Å². The molecule has 0 aliphatic rings. The minimum Gasteiger partial charge on any atom is -0.507 e. The molecule has 4 aromatic rings. The van der Waals surface area contributed by atoms with E-state index in [2.05, 4.69) is 4.98 Å². The summed E-state index contributed by atoms with van der Waals surface area (Å²) in [6, 6.07) is 11.1. The molecule has 5 nitrogen and oxygen atoms in total. The third kappa shape index (κ3) is 2.87. The predicted molar refractivity (Wildman–Crippen MR) is 101 cm³/mol. The molecule has 0 fully saturated rings. The van der Waals surface area contributed by atoms with Crippen LogP contribution in [0, 0.1) is 18.6 Å². The second-order valence-electron chi connectivity index (χ2n) is 6.48. The molecule has 0 saturated heterocycles. The number of aromatic hydroxyl groups is 1. The van der Waals surface area contributed by atoms with Gasteiger partial charge in [-0.2, -0.15) is 0 Å². The molecule has 0 atom stereocenters. The van der Waals surface area contributed by atoms with Crippen molar-refractivity contribution in [3.63, 3.8) is 0 Å². The first-order valence-electron chi connectivity index (χ1n) is 8.42. The van der Waals surface area contributed by atoms with Crippen LogP contribution in [0.25, 0.3) is 28.0 Å². The Morgan fingerprint density at radius 3 is 2.43 bits per heavy atom. The summed E-state index contributed by atoms with van der Waals surface area (Å²) in [5, 5.41) is 9.99. The van der Waals surface area contributed by atoms with E-state index in [1.165, 1.54) is 0 Å². The first kappa shape index (κ1) is 17.7. The molecule has 0 spiro atoms. The van der Waals surface area contributed by atoms with Crippen LogP contribution in [-0.2, 0) is 0 Å². The highest BCUT2D eigenvalue weighted by atomic mass is 19.1. The lowest BCUT2D eigenvalue weighted by atomic mass is 9.98. The van der Waals surface area contributed by atoms with Gasteiger partial charge in [0.15, 0.2) is 0 Å². The molecule has 2 heterocycles. The Bertz CT molecular complexity index is 1230. The Kier molecular flexibility index (Phi) is 4.07. The Morgan fingerprint density at radius 2 is 1.75 bits per heavy atom. The number of primary amides is 1. The van der Waals surface area contributed by atoms with E-state index in [9.17, 15) is 18.7 Å². The fraction of sp³-hybridized carbons (Fsp3) is 0.0476. The van der Waals surface area contributed by atoms with E-state index in [1.807, 2.05) is 35.9 Å². The molecule has 0 saturated carbocycles. The van der Waals surface area contributed by atoms with Gasteiger partial charge in [0.1, 0.15) is 28.6 Å². The number of benzene rings is 2. The minimum absolute atomic E-state index is 0.279. The van der Waals surface area contributed by atoms with Gasteiger partial charge in [0.05, 0.1) is 11.3 Å². The topological polar surface area (TPSA) is 80.6 Å². The molecule has 7 heteroatoms. The van der Waals surface area contributed by atoms with Crippen molar-refractivity contribution >= 4 is 11.6 Å². The smallest absolute Gasteiger partial charge is 0.254 e. The third-order valence-electron chi connectivity index (χ3n) is 4.51. The lowest BCUT2D eigenvalue weighted by Gasteiger charge is -2.10. The molecule has 0 bridgehead atoms. The van der Waals surface area contributed by atoms with Crippen LogP contribution in [0.1, 0.15) is 15.9 Å². The molecule has 140 valence electrons. The van der Waals surface area contributed by atoms with E-state index in [0.29, 0.717) is 6.07 Å². The number of hydrogen-bond acceptors (Lipinski definition) is 3. The zero-order valence-corrected chi connectivity index (χ0v) is 14.8. The maximum Gasteiger partial charge on any atom is 0.254 e. The van der Waals surface area contributed by atoms with Crippen LogP contribution in [0.2, 0.25) is 0 Å². The number of halogens is 2. The molecule has 2 aromatic carbocycles. The quantitative estimate of drug-likeness (QED) is 0.563. The van der Waals surface area contributed by atoms with Crippen LogP contribution >= 0.6 is 0 Å². The number of nitrogens with zero attached hydrogens (tertiary/aromatic N) is 2. The fourth-order valence-corrected chi connectivity index (χ4v) is 3.16. The van der Waals surface area contributed by atoms with Crippen molar-refractivity contribution in [2.45, 2.75) is 6.92 Å². The third-order valence-corrected chi connectivity index (χ3v) is 4.51. The minimum atomic E-state index is -1.24. The lowest BCUT2D eigenvalue weighted by Crippen LogP contribution is -2.16. The first-order chi connectivity index (χ1) is 13.3. The molecule has 28 heavy (non-hydrogen) atoms. The number of amides is 1. The van der Waals surface area contributed by atoms with Crippen molar-refractivity contribution in [3.05, 3.63) is 77.6 Å². The molecule has 0 aliphatic heterocycles. The Labute approximate surface area is 158 Å². The summed E-state index contributed by atoms with van der Waals surface area (Å²) >= 11 is 0. The van der Waals surface area contributed by atoms with Crippen molar-refractivity contribution in [1.82, 2.24) is 9.38 Å². The van der Waals surface area contributed by atoms with Crippen molar-refractivity contribution < 1.29 is 18.7 Å². The fourth-order valence-electron chi connectivity index (χ4n) is 3.16. The molecule has 0 radical (unpaired) electrons. The lowest BCUT2D eigenvalue weighted by molar-refractivity contribution is 0.0992. The van der Waals surface area contributed by atoms with Crippen LogP contribution in [0.15, 0.2) is 54.9 Å². The van der Waals surface area contributed by atoms with Gasteiger partial charge >= 0.3 is 0 Å². The summed E-state index contributed by atoms with van der Waals surface area (Å²) in [7, 11) is 0. The van der Waals surface area contributed by atoms with Gasteiger partial charge in [0, 0.05) is 24.0 Å². The summed E-state index contributed by atoms with van der Waals surface area (Å²) in [4.78, 5) is 15.9. The number of rotatable bonds is 3. The van der Waals surface area contributed by atoms with Crippen LogP contribution in [0.4, 0.5) is 8.78 Å². The molecular weight excluding hydrogens is 364 g/mol. The number of pyridine rings is 1. The van der Waals surface area contributed by atoms with Crippen molar-refractivity contribution in [2.75, 3.05) is 0 Å². The first-order valence-corrected chi connectivity index (χ1v) is 8.42. The molecule has 4 rings (SSSR count). The zero-order chi connectivity index (χ0) is 20.0. The van der Waals surface area contributed by atoms with Gasteiger partial charge in [0.25, 0.3) is 5.91 Å². The standard InChI is InChI=1S/C21H15F2N3O2/c1-11-2-7-17-25-15(10-26(17)9-11)12-3-5-13(6-4-12)18-16(27)8-14(22)19(20(18)23)21(24)28/h2-10,27H,1H3,(H2,24,28). The highest BCUT2D eigenvalue weighted by molar-refractivity contribution is 5.95. The molecule has 0 aliphatic carbocycles. The van der Waals surface area contributed by atoms with E-state index < -0.39 is 28.9 Å². The van der Waals surface area contributed by atoms with Crippen molar-refractivity contribution in [3.8, 4) is 28.1 Å². The summed E-state index contributed by atoms with van der Waals surface area (Å²) in [5.74, 6) is -4.26. The summed E-state index contributed by atoms with van der Waals surface area (Å²) < 4.78 is 30.3. The number of hydrogen-bond donors (Lipinski definition) is 2. The van der Waals surface area contributed by atoms with E-state index >= 15 is 0 Å². The average Bonchev–Trinajstić information content (AvgIpc) is 3.04. The van der Waals surface area contributed by atoms with Gasteiger partial charge in [-0.25, -0.2) is 13.8 Å². The van der Waals surface area contributed by atoms with E-state index in [4.69, 9.17) is 5.73 Å². The number of phenolic OH excluding ortho intramolecular Hbond substituents is 1. The highest BCUT2D eigenvalue weighted by Gasteiger charge is 2.23. The number of aryl methyl sites for hydroxylation is 1. The van der Waals surface area contributed by atoms with Gasteiger partial charge in [0.2, 0.25) is 0 Å². The average molecular weight is 379 g/mol. The van der Waals surface area contributed by atoms with Crippen molar-refractivity contribution in [2.24, 2.45) is 5.73 Å². The number of carbonyl (C=O) groups excluding carboxylic acids is 1. The Hall–Kier alpha value is -3.74. The van der Waals surface area contributed by atoms with E-state index in [1.54, 1.807) is 24.3 Å². The largest absolute Gasteiger partial charge is 0.507 e. The van der Waals surface area contributed by atoms with Crippen LogP contribution in [-0.4, -0.2) is 20.4 Å². The number of carbonyl (C=O) groups is 1. The van der Waals surface area contributed by atoms with Gasteiger partial charge in [-0.1, -0.05) is 30.3 Å². The maximum atomic E-state index is 14.6. The molecule has 1 amide bonds. The van der Waals surface area contributed by atoms with Crippen LogP contribution < -0.4 is 5.73 Å². The monoisotopic (exact) mass is 379 g/mol.